The standard InChI is InChI=1S/C15H12O7/c1-5-3-6(16)11-12-9(5)7(17)4-8(18)10(12)13(15(20)21-2)22-14(11)19/h3-4,13,16-18H,1-2H3. The van der Waals surface area contributed by atoms with Crippen LogP contribution in [0.15, 0.2) is 12.1 Å². The molecule has 0 aromatic heterocycles. The van der Waals surface area contributed by atoms with E-state index in [1.54, 1.807) is 6.92 Å². The number of carbonyl (C=O) groups excluding carboxylic acids is 2. The van der Waals surface area contributed by atoms with Gasteiger partial charge in [0.15, 0.2) is 0 Å². The van der Waals surface area contributed by atoms with Gasteiger partial charge in [0.05, 0.1) is 12.7 Å². The number of phenolic OH excluding ortho intramolecular Hbond substituents is 3. The number of benzene rings is 2. The van der Waals surface area contributed by atoms with E-state index in [-0.39, 0.29) is 33.4 Å². The maximum absolute atomic E-state index is 12.1. The predicted octanol–water partition coefficient (Wildman–Crippen LogP) is 1.65. The lowest BCUT2D eigenvalue weighted by Gasteiger charge is -2.26. The minimum absolute atomic E-state index is 0.0201. The molecule has 0 amide bonds. The zero-order chi connectivity index (χ0) is 16.2. The van der Waals surface area contributed by atoms with E-state index in [0.717, 1.165) is 13.2 Å². The molecule has 2 aromatic rings. The molecule has 0 spiro atoms. The van der Waals surface area contributed by atoms with Crippen LogP contribution in [0.5, 0.6) is 17.2 Å². The predicted molar refractivity (Wildman–Crippen MR) is 73.9 cm³/mol. The number of cyclic esters (lactones) is 1. The van der Waals surface area contributed by atoms with Gasteiger partial charge in [-0.05, 0) is 18.6 Å². The Labute approximate surface area is 124 Å². The van der Waals surface area contributed by atoms with Crippen molar-refractivity contribution in [3.8, 4) is 17.2 Å². The first-order valence-electron chi connectivity index (χ1n) is 6.36. The summed E-state index contributed by atoms with van der Waals surface area (Å²) in [4.78, 5) is 23.9. The minimum atomic E-state index is -1.46. The van der Waals surface area contributed by atoms with Crippen LogP contribution < -0.4 is 0 Å². The third-order valence-electron chi connectivity index (χ3n) is 3.69. The molecule has 0 bridgehead atoms. The summed E-state index contributed by atoms with van der Waals surface area (Å²) < 4.78 is 9.56. The maximum Gasteiger partial charge on any atom is 0.352 e. The van der Waals surface area contributed by atoms with E-state index in [2.05, 4.69) is 4.74 Å². The van der Waals surface area contributed by atoms with Gasteiger partial charge in [0.25, 0.3) is 0 Å². The van der Waals surface area contributed by atoms with Crippen LogP contribution in [-0.4, -0.2) is 34.4 Å². The van der Waals surface area contributed by atoms with Crippen LogP contribution >= 0.6 is 0 Å². The van der Waals surface area contributed by atoms with E-state index in [0.29, 0.717) is 5.56 Å². The Balaban J connectivity index is 2.53. The van der Waals surface area contributed by atoms with Gasteiger partial charge in [0.2, 0.25) is 6.10 Å². The first-order valence-corrected chi connectivity index (χ1v) is 6.36. The summed E-state index contributed by atoms with van der Waals surface area (Å²) in [5.74, 6) is -2.87. The fourth-order valence-corrected chi connectivity index (χ4v) is 2.78. The monoisotopic (exact) mass is 304 g/mol. The van der Waals surface area contributed by atoms with E-state index in [9.17, 15) is 24.9 Å². The smallest absolute Gasteiger partial charge is 0.352 e. The molecule has 0 radical (unpaired) electrons. The van der Waals surface area contributed by atoms with E-state index in [4.69, 9.17) is 4.74 Å². The summed E-state index contributed by atoms with van der Waals surface area (Å²) in [6, 6.07) is 2.36. The quantitative estimate of drug-likeness (QED) is 0.686. The van der Waals surface area contributed by atoms with Crippen molar-refractivity contribution in [1.29, 1.82) is 0 Å². The van der Waals surface area contributed by atoms with Gasteiger partial charge in [0.1, 0.15) is 22.8 Å². The second-order valence-electron chi connectivity index (χ2n) is 4.97. The highest BCUT2D eigenvalue weighted by Gasteiger charge is 2.39. The molecular formula is C15H12O7. The summed E-state index contributed by atoms with van der Waals surface area (Å²) in [5, 5.41) is 30.5. The van der Waals surface area contributed by atoms with Crippen LogP contribution in [0.2, 0.25) is 0 Å². The number of aryl methyl sites for hydroxylation is 1. The zero-order valence-electron chi connectivity index (χ0n) is 11.7. The number of esters is 2. The van der Waals surface area contributed by atoms with Gasteiger partial charge >= 0.3 is 11.9 Å². The third kappa shape index (κ3) is 1.68. The van der Waals surface area contributed by atoms with E-state index >= 15 is 0 Å². The molecule has 0 saturated carbocycles. The van der Waals surface area contributed by atoms with Crippen molar-refractivity contribution in [1.82, 2.24) is 0 Å². The Kier molecular flexibility index (Phi) is 2.88. The average molecular weight is 304 g/mol. The molecule has 22 heavy (non-hydrogen) atoms. The molecule has 1 unspecified atom stereocenters. The highest BCUT2D eigenvalue weighted by Crippen LogP contribution is 2.47. The van der Waals surface area contributed by atoms with Crippen molar-refractivity contribution in [2.45, 2.75) is 13.0 Å². The Morgan fingerprint density at radius 1 is 1.14 bits per heavy atom. The number of methoxy groups -OCH3 is 1. The molecule has 1 atom stereocenters. The van der Waals surface area contributed by atoms with Crippen LogP contribution in [0.25, 0.3) is 10.8 Å². The van der Waals surface area contributed by atoms with Crippen molar-refractivity contribution in [2.75, 3.05) is 7.11 Å². The van der Waals surface area contributed by atoms with Gasteiger partial charge in [-0.2, -0.15) is 0 Å². The van der Waals surface area contributed by atoms with Crippen molar-refractivity contribution >= 4 is 22.7 Å². The maximum atomic E-state index is 12.1. The van der Waals surface area contributed by atoms with Gasteiger partial charge in [0, 0.05) is 16.8 Å². The van der Waals surface area contributed by atoms with Crippen molar-refractivity contribution < 1.29 is 34.4 Å². The van der Waals surface area contributed by atoms with Gasteiger partial charge in [-0.1, -0.05) is 0 Å². The third-order valence-corrected chi connectivity index (χ3v) is 3.69. The lowest BCUT2D eigenvalue weighted by atomic mass is 9.89. The molecule has 3 rings (SSSR count). The molecule has 0 fully saturated rings. The van der Waals surface area contributed by atoms with E-state index < -0.39 is 23.8 Å². The van der Waals surface area contributed by atoms with Crippen molar-refractivity contribution in [2.24, 2.45) is 0 Å². The lowest BCUT2D eigenvalue weighted by Crippen LogP contribution is -2.26. The first kappa shape index (κ1) is 14.0. The van der Waals surface area contributed by atoms with Crippen molar-refractivity contribution in [3.05, 3.63) is 28.8 Å². The fraction of sp³-hybridized carbons (Fsp3) is 0.200. The van der Waals surface area contributed by atoms with Crippen molar-refractivity contribution in [3.63, 3.8) is 0 Å². The van der Waals surface area contributed by atoms with Gasteiger partial charge in [-0.3, -0.25) is 0 Å². The second-order valence-corrected chi connectivity index (χ2v) is 4.97. The molecule has 3 N–H and O–H groups in total. The highest BCUT2D eigenvalue weighted by molar-refractivity contribution is 6.14. The molecule has 1 aliphatic heterocycles. The number of ether oxygens (including phenoxy) is 2. The topological polar surface area (TPSA) is 113 Å². The van der Waals surface area contributed by atoms with Crippen LogP contribution in [0.4, 0.5) is 0 Å². The number of aromatic hydroxyl groups is 3. The van der Waals surface area contributed by atoms with E-state index in [1.807, 2.05) is 0 Å². The molecule has 0 saturated heterocycles. The summed E-state index contributed by atoms with van der Waals surface area (Å²) in [7, 11) is 1.12. The Morgan fingerprint density at radius 3 is 2.45 bits per heavy atom. The Bertz CT molecular complexity index is 830. The van der Waals surface area contributed by atoms with Crippen LogP contribution in [0, 0.1) is 6.92 Å². The van der Waals surface area contributed by atoms with Gasteiger partial charge < -0.3 is 24.8 Å². The summed E-state index contributed by atoms with van der Waals surface area (Å²) in [6.07, 6.45) is -1.46. The number of carbonyl (C=O) groups is 2. The van der Waals surface area contributed by atoms with E-state index in [1.165, 1.54) is 6.07 Å². The average Bonchev–Trinajstić information content (AvgIpc) is 2.44. The molecule has 1 aliphatic rings. The van der Waals surface area contributed by atoms with Crippen LogP contribution in [0.1, 0.15) is 27.6 Å². The largest absolute Gasteiger partial charge is 0.507 e. The fourth-order valence-electron chi connectivity index (χ4n) is 2.78. The minimum Gasteiger partial charge on any atom is -0.507 e. The molecule has 114 valence electrons. The first-order chi connectivity index (χ1) is 10.4. The molecular weight excluding hydrogens is 292 g/mol. The number of hydrogen-bond acceptors (Lipinski definition) is 7. The SMILES string of the molecule is COC(=O)C1OC(=O)c2c(O)cc(C)c3c(O)cc(O)c1c23. The number of rotatable bonds is 1. The Hall–Kier alpha value is -2.96. The second kappa shape index (κ2) is 4.52. The van der Waals surface area contributed by atoms with Crippen LogP contribution in [0.3, 0.4) is 0 Å². The normalized spacial score (nSPS) is 16.5. The zero-order valence-corrected chi connectivity index (χ0v) is 11.7. The molecule has 1 heterocycles. The summed E-state index contributed by atoms with van der Waals surface area (Å²) >= 11 is 0. The molecule has 2 aromatic carbocycles. The lowest BCUT2D eigenvalue weighted by molar-refractivity contribution is -0.151. The highest BCUT2D eigenvalue weighted by atomic mass is 16.6. The Morgan fingerprint density at radius 2 is 1.82 bits per heavy atom. The van der Waals surface area contributed by atoms with Gasteiger partial charge in [-0.15, -0.1) is 0 Å². The van der Waals surface area contributed by atoms with Crippen LogP contribution in [-0.2, 0) is 14.3 Å². The summed E-state index contributed by atoms with van der Waals surface area (Å²) in [6.45, 7) is 1.62. The summed E-state index contributed by atoms with van der Waals surface area (Å²) in [5.41, 5.74) is 0.253. The molecule has 0 aliphatic carbocycles. The number of phenols is 3. The number of hydrogen-bond donors (Lipinski definition) is 3. The van der Waals surface area contributed by atoms with Gasteiger partial charge in [-0.25, -0.2) is 9.59 Å². The molecule has 7 heteroatoms. The molecule has 7 nitrogen and oxygen atoms in total.